The van der Waals surface area contributed by atoms with Crippen molar-refractivity contribution < 1.29 is 13.2 Å². The summed E-state index contributed by atoms with van der Waals surface area (Å²) in [5.74, 6) is 0.694. The summed E-state index contributed by atoms with van der Waals surface area (Å²) >= 11 is 0. The molecule has 1 aromatic carbocycles. The van der Waals surface area contributed by atoms with E-state index in [9.17, 15) is 13.2 Å². The Labute approximate surface area is 123 Å². The van der Waals surface area contributed by atoms with Gasteiger partial charge < -0.3 is 5.32 Å². The average molecular weight is 298 g/mol. The SMILES string of the molecule is FC(F)(F)c1cccc([C@@H](CC2CC2)N2CCNCC2)c1. The highest BCUT2D eigenvalue weighted by Crippen LogP contribution is 2.41. The molecular formula is C16H21F3N2. The van der Waals surface area contributed by atoms with Gasteiger partial charge in [0, 0.05) is 32.2 Å². The third-order valence-corrected chi connectivity index (χ3v) is 4.44. The highest BCUT2D eigenvalue weighted by Gasteiger charge is 2.34. The first-order valence-electron chi connectivity index (χ1n) is 7.66. The van der Waals surface area contributed by atoms with Crippen LogP contribution < -0.4 is 5.32 Å². The lowest BCUT2D eigenvalue weighted by atomic mass is 9.97. The molecule has 0 bridgehead atoms. The first kappa shape index (κ1) is 14.9. The van der Waals surface area contributed by atoms with Crippen LogP contribution in [0.15, 0.2) is 24.3 Å². The van der Waals surface area contributed by atoms with Gasteiger partial charge in [-0.05, 0) is 30.0 Å². The minimum absolute atomic E-state index is 0.127. The standard InChI is InChI=1S/C16H21F3N2/c17-16(18,19)14-3-1-2-13(11-14)15(10-12-4-5-12)21-8-6-20-7-9-21/h1-3,11-12,15,20H,4-10H2/t15-/m1/s1. The van der Waals surface area contributed by atoms with Crippen LogP contribution in [0.25, 0.3) is 0 Å². The zero-order valence-corrected chi connectivity index (χ0v) is 12.0. The molecule has 5 heteroatoms. The fourth-order valence-corrected chi connectivity index (χ4v) is 3.08. The zero-order chi connectivity index (χ0) is 14.9. The molecule has 0 spiro atoms. The molecule has 0 amide bonds. The van der Waals surface area contributed by atoms with Crippen molar-refractivity contribution in [3.05, 3.63) is 35.4 Å². The molecule has 1 saturated heterocycles. The molecule has 0 unspecified atom stereocenters. The lowest BCUT2D eigenvalue weighted by molar-refractivity contribution is -0.137. The third kappa shape index (κ3) is 3.77. The van der Waals surface area contributed by atoms with Gasteiger partial charge >= 0.3 is 6.18 Å². The summed E-state index contributed by atoms with van der Waals surface area (Å²) in [5.41, 5.74) is 0.287. The molecule has 3 rings (SSSR count). The van der Waals surface area contributed by atoms with Gasteiger partial charge in [-0.2, -0.15) is 13.2 Å². The minimum atomic E-state index is -4.26. The molecule has 1 heterocycles. The second-order valence-corrected chi connectivity index (χ2v) is 6.10. The molecule has 0 radical (unpaired) electrons. The molecule has 1 saturated carbocycles. The van der Waals surface area contributed by atoms with Gasteiger partial charge in [0.2, 0.25) is 0 Å². The molecule has 21 heavy (non-hydrogen) atoms. The Morgan fingerprint density at radius 1 is 1.19 bits per heavy atom. The smallest absolute Gasteiger partial charge is 0.314 e. The molecule has 1 atom stereocenters. The van der Waals surface area contributed by atoms with Crippen LogP contribution in [0.2, 0.25) is 0 Å². The van der Waals surface area contributed by atoms with Crippen molar-refractivity contribution in [2.75, 3.05) is 26.2 Å². The summed E-state index contributed by atoms with van der Waals surface area (Å²) in [6.45, 7) is 3.65. The molecule has 1 aliphatic carbocycles. The number of piperazine rings is 1. The molecule has 1 aromatic rings. The fraction of sp³-hybridized carbons (Fsp3) is 0.625. The van der Waals surface area contributed by atoms with Crippen LogP contribution in [0.1, 0.15) is 36.4 Å². The van der Waals surface area contributed by atoms with E-state index in [1.54, 1.807) is 6.07 Å². The van der Waals surface area contributed by atoms with E-state index >= 15 is 0 Å². The van der Waals surface area contributed by atoms with Gasteiger partial charge in [-0.3, -0.25) is 4.90 Å². The largest absolute Gasteiger partial charge is 0.416 e. The first-order chi connectivity index (χ1) is 10.0. The van der Waals surface area contributed by atoms with Crippen molar-refractivity contribution >= 4 is 0 Å². The van der Waals surface area contributed by atoms with Crippen molar-refractivity contribution in [2.24, 2.45) is 5.92 Å². The van der Waals surface area contributed by atoms with Crippen molar-refractivity contribution in [2.45, 2.75) is 31.5 Å². The normalized spacial score (nSPS) is 22.2. The van der Waals surface area contributed by atoms with Crippen molar-refractivity contribution in [3.8, 4) is 0 Å². The summed E-state index contributed by atoms with van der Waals surface area (Å²) in [4.78, 5) is 2.34. The Hall–Kier alpha value is -1.07. The van der Waals surface area contributed by atoms with Crippen LogP contribution in [-0.4, -0.2) is 31.1 Å². The van der Waals surface area contributed by atoms with E-state index in [1.165, 1.54) is 18.9 Å². The van der Waals surface area contributed by atoms with E-state index in [1.807, 2.05) is 6.07 Å². The predicted octanol–water partition coefficient (Wildman–Crippen LogP) is 3.45. The highest BCUT2D eigenvalue weighted by molar-refractivity contribution is 5.28. The Morgan fingerprint density at radius 2 is 1.90 bits per heavy atom. The van der Waals surface area contributed by atoms with E-state index < -0.39 is 11.7 Å². The molecule has 1 N–H and O–H groups in total. The van der Waals surface area contributed by atoms with Gasteiger partial charge in [0.15, 0.2) is 0 Å². The number of nitrogens with zero attached hydrogens (tertiary/aromatic N) is 1. The summed E-state index contributed by atoms with van der Waals surface area (Å²) < 4.78 is 38.8. The lowest BCUT2D eigenvalue weighted by Gasteiger charge is -2.35. The first-order valence-corrected chi connectivity index (χ1v) is 7.66. The van der Waals surface area contributed by atoms with Crippen LogP contribution in [-0.2, 0) is 6.18 Å². The second-order valence-electron chi connectivity index (χ2n) is 6.10. The number of rotatable bonds is 4. The van der Waals surface area contributed by atoms with E-state index in [4.69, 9.17) is 0 Å². The lowest BCUT2D eigenvalue weighted by Crippen LogP contribution is -2.45. The number of benzene rings is 1. The topological polar surface area (TPSA) is 15.3 Å². The average Bonchev–Trinajstić information content (AvgIpc) is 3.29. The summed E-state index contributed by atoms with van der Waals surface area (Å²) in [6, 6.07) is 6.02. The van der Waals surface area contributed by atoms with Gasteiger partial charge in [0.05, 0.1) is 5.56 Å². The predicted molar refractivity (Wildman–Crippen MR) is 76.0 cm³/mol. The third-order valence-electron chi connectivity index (χ3n) is 4.44. The summed E-state index contributed by atoms with van der Waals surface area (Å²) in [6.07, 6.45) is -0.825. The zero-order valence-electron chi connectivity index (χ0n) is 12.0. The molecule has 2 nitrogen and oxygen atoms in total. The van der Waals surface area contributed by atoms with Crippen molar-refractivity contribution in [3.63, 3.8) is 0 Å². The number of hydrogen-bond acceptors (Lipinski definition) is 2. The molecule has 0 aromatic heterocycles. The van der Waals surface area contributed by atoms with Crippen LogP contribution in [0, 0.1) is 5.92 Å². The van der Waals surface area contributed by atoms with Gasteiger partial charge in [0.25, 0.3) is 0 Å². The van der Waals surface area contributed by atoms with E-state index in [0.29, 0.717) is 5.92 Å². The maximum absolute atomic E-state index is 12.9. The van der Waals surface area contributed by atoms with Crippen LogP contribution in [0.4, 0.5) is 13.2 Å². The van der Waals surface area contributed by atoms with Gasteiger partial charge in [-0.15, -0.1) is 0 Å². The highest BCUT2D eigenvalue weighted by atomic mass is 19.4. The van der Waals surface area contributed by atoms with Crippen molar-refractivity contribution in [1.82, 2.24) is 10.2 Å². The number of halogens is 3. The summed E-state index contributed by atoms with van der Waals surface area (Å²) in [5, 5.41) is 3.30. The number of alkyl halides is 3. The molecular weight excluding hydrogens is 277 g/mol. The van der Waals surface area contributed by atoms with E-state index in [2.05, 4.69) is 10.2 Å². The Balaban J connectivity index is 1.84. The Bertz CT molecular complexity index is 477. The molecule has 2 aliphatic rings. The van der Waals surface area contributed by atoms with Gasteiger partial charge in [0.1, 0.15) is 0 Å². The van der Waals surface area contributed by atoms with E-state index in [-0.39, 0.29) is 6.04 Å². The molecule has 1 aliphatic heterocycles. The molecule has 116 valence electrons. The van der Waals surface area contributed by atoms with Crippen LogP contribution >= 0.6 is 0 Å². The van der Waals surface area contributed by atoms with Gasteiger partial charge in [-0.1, -0.05) is 25.0 Å². The van der Waals surface area contributed by atoms with E-state index in [0.717, 1.165) is 44.2 Å². The monoisotopic (exact) mass is 298 g/mol. The quantitative estimate of drug-likeness (QED) is 0.916. The number of hydrogen-bond donors (Lipinski definition) is 1. The minimum Gasteiger partial charge on any atom is -0.314 e. The molecule has 2 fully saturated rings. The maximum Gasteiger partial charge on any atom is 0.416 e. The van der Waals surface area contributed by atoms with Crippen LogP contribution in [0.5, 0.6) is 0 Å². The maximum atomic E-state index is 12.9. The second kappa shape index (κ2) is 5.97. The van der Waals surface area contributed by atoms with Crippen molar-refractivity contribution in [1.29, 1.82) is 0 Å². The summed E-state index contributed by atoms with van der Waals surface area (Å²) in [7, 11) is 0. The van der Waals surface area contributed by atoms with Crippen LogP contribution in [0.3, 0.4) is 0 Å². The Morgan fingerprint density at radius 3 is 2.52 bits per heavy atom. The van der Waals surface area contributed by atoms with Gasteiger partial charge in [-0.25, -0.2) is 0 Å². The number of nitrogens with one attached hydrogen (secondary N) is 1. The fourth-order valence-electron chi connectivity index (χ4n) is 3.08. The Kier molecular flexibility index (Phi) is 4.22.